The summed E-state index contributed by atoms with van der Waals surface area (Å²) in [6.45, 7) is 2.94. The van der Waals surface area contributed by atoms with Crippen LogP contribution in [0.5, 0.6) is 5.75 Å². The number of hydrogen-bond donors (Lipinski definition) is 1. The van der Waals surface area contributed by atoms with E-state index in [2.05, 4.69) is 16.8 Å². The number of fused-ring (bicyclic) bond motifs is 1. The first-order valence-corrected chi connectivity index (χ1v) is 12.0. The second kappa shape index (κ2) is 7.99. The Morgan fingerprint density at radius 1 is 1.13 bits per heavy atom. The number of amides is 1. The highest BCUT2D eigenvalue weighted by atomic mass is 16.5. The molecule has 1 N–H and O–H groups in total. The molecule has 0 radical (unpaired) electrons. The summed E-state index contributed by atoms with van der Waals surface area (Å²) in [7, 11) is 1.63. The first-order valence-electron chi connectivity index (χ1n) is 12.0. The van der Waals surface area contributed by atoms with E-state index in [1.165, 1.54) is 19.3 Å². The van der Waals surface area contributed by atoms with Gasteiger partial charge in [-0.2, -0.15) is 0 Å². The summed E-state index contributed by atoms with van der Waals surface area (Å²) in [5.41, 5.74) is 0.766. The number of aromatic nitrogens is 1. The lowest BCUT2D eigenvalue weighted by Gasteiger charge is -2.56. The number of nitrogens with one attached hydrogen (secondary N) is 1. The topological polar surface area (TPSA) is 60.3 Å². The molecule has 0 unspecified atom stereocenters. The number of aryl methyl sites for hydroxylation is 1. The van der Waals surface area contributed by atoms with Crippen molar-refractivity contribution in [2.24, 2.45) is 17.8 Å². The molecular formula is C26H34N2O3. The van der Waals surface area contributed by atoms with E-state index in [4.69, 9.17) is 4.74 Å². The fourth-order valence-corrected chi connectivity index (χ4v) is 7.03. The summed E-state index contributed by atoms with van der Waals surface area (Å²) < 4.78 is 7.62. The number of benzene rings is 1. The zero-order valence-corrected chi connectivity index (χ0v) is 18.8. The molecule has 0 aliphatic heterocycles. The Labute approximate surface area is 184 Å². The number of hydrogen-bond acceptors (Lipinski definition) is 3. The molecule has 0 atom stereocenters. The van der Waals surface area contributed by atoms with Crippen LogP contribution in [0.2, 0.25) is 0 Å². The molecule has 6 rings (SSSR count). The highest BCUT2D eigenvalue weighted by molar-refractivity contribution is 5.98. The summed E-state index contributed by atoms with van der Waals surface area (Å²) in [6.07, 6.45) is 12.2. The second-order valence-corrected chi connectivity index (χ2v) is 10.3. The molecule has 4 aliphatic rings. The number of ether oxygens (including phenoxy) is 1. The molecule has 5 heteroatoms. The van der Waals surface area contributed by atoms with Gasteiger partial charge in [-0.25, -0.2) is 0 Å². The van der Waals surface area contributed by atoms with Crippen LogP contribution in [0.4, 0.5) is 0 Å². The highest BCUT2D eigenvalue weighted by Gasteiger charge is 2.51. The number of carbonyl (C=O) groups excluding carboxylic acids is 1. The van der Waals surface area contributed by atoms with Gasteiger partial charge in [0.25, 0.3) is 5.91 Å². The fraction of sp³-hybridized carbons (Fsp3) is 0.615. The van der Waals surface area contributed by atoms with Crippen molar-refractivity contribution in [2.45, 2.75) is 76.8 Å². The minimum Gasteiger partial charge on any atom is -0.495 e. The molecule has 0 saturated heterocycles. The molecule has 2 aromatic rings. The van der Waals surface area contributed by atoms with Crippen molar-refractivity contribution < 1.29 is 9.53 Å². The number of carbonyl (C=O) groups is 1. The molecule has 4 aliphatic carbocycles. The van der Waals surface area contributed by atoms with Gasteiger partial charge in [0.1, 0.15) is 11.3 Å². The number of unbranched alkanes of at least 4 members (excludes halogenated alkanes) is 2. The van der Waals surface area contributed by atoms with E-state index < -0.39 is 0 Å². The number of nitrogens with zero attached hydrogens (tertiary/aromatic N) is 1. The lowest BCUT2D eigenvalue weighted by Crippen LogP contribution is -2.60. The van der Waals surface area contributed by atoms with Gasteiger partial charge >= 0.3 is 0 Å². The van der Waals surface area contributed by atoms with Crippen molar-refractivity contribution in [2.75, 3.05) is 7.11 Å². The van der Waals surface area contributed by atoms with Crippen LogP contribution in [-0.4, -0.2) is 23.1 Å². The Hall–Kier alpha value is -2.30. The smallest absolute Gasteiger partial charge is 0.257 e. The van der Waals surface area contributed by atoms with Gasteiger partial charge in [0.15, 0.2) is 0 Å². The van der Waals surface area contributed by atoms with Gasteiger partial charge in [-0.3, -0.25) is 9.59 Å². The molecule has 1 aromatic carbocycles. The molecule has 31 heavy (non-hydrogen) atoms. The minimum absolute atomic E-state index is 0.103. The van der Waals surface area contributed by atoms with Crippen LogP contribution < -0.4 is 15.5 Å². The average Bonchev–Trinajstić information content (AvgIpc) is 2.73. The summed E-state index contributed by atoms with van der Waals surface area (Å²) in [5, 5.41) is 3.95. The summed E-state index contributed by atoms with van der Waals surface area (Å²) in [4.78, 5) is 26.9. The maximum absolute atomic E-state index is 13.5. The molecule has 1 heterocycles. The second-order valence-electron chi connectivity index (χ2n) is 10.3. The fourth-order valence-electron chi connectivity index (χ4n) is 7.03. The van der Waals surface area contributed by atoms with E-state index in [0.717, 1.165) is 68.3 Å². The monoisotopic (exact) mass is 422 g/mol. The van der Waals surface area contributed by atoms with Gasteiger partial charge in [-0.15, -0.1) is 0 Å². The Bertz CT molecular complexity index is 1020. The third-order valence-electron chi connectivity index (χ3n) is 7.94. The number of para-hydroxylation sites is 1. The predicted octanol–water partition coefficient (Wildman–Crippen LogP) is 4.90. The Morgan fingerprint density at radius 3 is 2.42 bits per heavy atom. The van der Waals surface area contributed by atoms with Gasteiger partial charge in [0.05, 0.1) is 18.0 Å². The molecular weight excluding hydrogens is 388 g/mol. The van der Waals surface area contributed by atoms with Crippen LogP contribution in [0.1, 0.15) is 75.1 Å². The third-order valence-corrected chi connectivity index (χ3v) is 7.94. The molecule has 4 bridgehead atoms. The maximum atomic E-state index is 13.5. The molecule has 4 saturated carbocycles. The van der Waals surface area contributed by atoms with Gasteiger partial charge in [0.2, 0.25) is 5.43 Å². The van der Waals surface area contributed by atoms with Gasteiger partial charge in [-0.05, 0) is 74.8 Å². The first kappa shape index (κ1) is 20.6. The van der Waals surface area contributed by atoms with E-state index in [1.54, 1.807) is 13.3 Å². The molecule has 1 aromatic heterocycles. The average molecular weight is 423 g/mol. The molecule has 4 fully saturated rings. The SMILES string of the molecule is CCCCCn1cc(C(=O)NC23CC4CC(CC(C4)C2)C3)c(=O)c2cccc(OC)c21. The lowest BCUT2D eigenvalue weighted by molar-refractivity contribution is -0.0167. The quantitative estimate of drug-likeness (QED) is 0.646. The molecule has 1 amide bonds. The van der Waals surface area contributed by atoms with Crippen LogP contribution in [-0.2, 0) is 6.54 Å². The number of methoxy groups -OCH3 is 1. The summed E-state index contributed by atoms with van der Waals surface area (Å²) in [5.74, 6) is 2.73. The van der Waals surface area contributed by atoms with Crippen LogP contribution in [0.15, 0.2) is 29.2 Å². The largest absolute Gasteiger partial charge is 0.495 e. The van der Waals surface area contributed by atoms with Crippen molar-refractivity contribution >= 4 is 16.8 Å². The van der Waals surface area contributed by atoms with E-state index in [-0.39, 0.29) is 22.4 Å². The van der Waals surface area contributed by atoms with Crippen molar-refractivity contribution in [1.82, 2.24) is 9.88 Å². The Balaban J connectivity index is 1.51. The normalized spacial score (nSPS) is 28.8. The standard InChI is InChI=1S/C26H34N2O3/c1-3-4-5-9-28-16-21(24(29)20-7-6-8-22(31-2)23(20)28)25(30)27-26-13-17-10-18(14-26)12-19(11-17)15-26/h6-8,16-19H,3-5,9-15H2,1-2H3,(H,27,30). The van der Waals surface area contributed by atoms with Crippen molar-refractivity contribution in [3.63, 3.8) is 0 Å². The summed E-state index contributed by atoms with van der Waals surface area (Å²) in [6, 6.07) is 5.53. The van der Waals surface area contributed by atoms with Gasteiger partial charge in [-0.1, -0.05) is 25.8 Å². The molecule has 5 nitrogen and oxygen atoms in total. The van der Waals surface area contributed by atoms with Crippen molar-refractivity contribution in [1.29, 1.82) is 0 Å². The third kappa shape index (κ3) is 3.66. The highest BCUT2D eigenvalue weighted by Crippen LogP contribution is 2.55. The van der Waals surface area contributed by atoms with Crippen LogP contribution in [0.25, 0.3) is 10.9 Å². The van der Waals surface area contributed by atoms with E-state index in [0.29, 0.717) is 11.1 Å². The van der Waals surface area contributed by atoms with E-state index in [9.17, 15) is 9.59 Å². The number of pyridine rings is 1. The maximum Gasteiger partial charge on any atom is 0.257 e. The zero-order valence-electron chi connectivity index (χ0n) is 18.8. The van der Waals surface area contributed by atoms with Gasteiger partial charge in [0, 0.05) is 18.3 Å². The predicted molar refractivity (Wildman–Crippen MR) is 123 cm³/mol. The molecule has 0 spiro atoms. The molecule has 166 valence electrons. The minimum atomic E-state index is -0.194. The van der Waals surface area contributed by atoms with Crippen molar-refractivity contribution in [3.8, 4) is 5.75 Å². The van der Waals surface area contributed by atoms with Crippen LogP contribution in [0.3, 0.4) is 0 Å². The number of rotatable bonds is 7. The lowest BCUT2D eigenvalue weighted by atomic mass is 9.53. The van der Waals surface area contributed by atoms with Crippen LogP contribution in [0, 0.1) is 17.8 Å². The van der Waals surface area contributed by atoms with Crippen LogP contribution >= 0.6 is 0 Å². The zero-order chi connectivity index (χ0) is 21.6. The van der Waals surface area contributed by atoms with E-state index in [1.807, 2.05) is 18.2 Å². The Kier molecular flexibility index (Phi) is 5.31. The Morgan fingerprint density at radius 2 is 1.81 bits per heavy atom. The summed E-state index contributed by atoms with van der Waals surface area (Å²) >= 11 is 0. The van der Waals surface area contributed by atoms with Crippen molar-refractivity contribution in [3.05, 3.63) is 40.2 Å². The first-order chi connectivity index (χ1) is 15.0. The van der Waals surface area contributed by atoms with E-state index >= 15 is 0 Å². The van der Waals surface area contributed by atoms with Gasteiger partial charge < -0.3 is 14.6 Å².